The number of nitrogens with zero attached hydrogens (tertiary/aromatic N) is 1. The largest absolute Gasteiger partial charge is 0.434 e. The zero-order valence-corrected chi connectivity index (χ0v) is 9.87. The van der Waals surface area contributed by atoms with E-state index < -0.39 is 12.4 Å². The van der Waals surface area contributed by atoms with Gasteiger partial charge in [0.2, 0.25) is 0 Å². The Bertz CT molecular complexity index is 517. The van der Waals surface area contributed by atoms with Crippen molar-refractivity contribution < 1.29 is 17.9 Å². The van der Waals surface area contributed by atoms with Crippen molar-refractivity contribution in [2.75, 3.05) is 0 Å². The number of aromatic nitrogens is 2. The highest BCUT2D eigenvalue weighted by Gasteiger charge is 2.13. The molecule has 0 radical (unpaired) electrons. The maximum absolute atomic E-state index is 13.6. The number of halogens is 3. The second-order valence-corrected chi connectivity index (χ2v) is 3.78. The van der Waals surface area contributed by atoms with E-state index in [1.807, 2.05) is 0 Å². The van der Waals surface area contributed by atoms with Gasteiger partial charge in [0.1, 0.15) is 11.6 Å². The molecule has 102 valence electrons. The molecular weight excluding hydrogens is 259 g/mol. The number of hydrogen-bond acceptors (Lipinski definition) is 3. The summed E-state index contributed by atoms with van der Waals surface area (Å²) in [5.41, 5.74) is 0.884. The summed E-state index contributed by atoms with van der Waals surface area (Å²) in [6, 6.07) is 5.59. The molecule has 1 aromatic carbocycles. The molecule has 0 aliphatic rings. The Kier molecular flexibility index (Phi) is 4.40. The summed E-state index contributed by atoms with van der Waals surface area (Å²) in [6.45, 7) is -2.48. The number of alkyl halides is 2. The van der Waals surface area contributed by atoms with Crippen LogP contribution >= 0.6 is 0 Å². The Balaban J connectivity index is 2.01. The number of rotatable bonds is 6. The molecule has 0 aliphatic carbocycles. The molecular formula is C12H12F3N3O. The van der Waals surface area contributed by atoms with E-state index in [0.717, 1.165) is 5.69 Å². The van der Waals surface area contributed by atoms with E-state index in [0.29, 0.717) is 6.54 Å². The Hall–Kier alpha value is -2.02. The van der Waals surface area contributed by atoms with Gasteiger partial charge in [0.25, 0.3) is 0 Å². The summed E-state index contributed by atoms with van der Waals surface area (Å²) < 4.78 is 42.3. The number of benzene rings is 1. The Morgan fingerprint density at radius 1 is 1.26 bits per heavy atom. The molecule has 1 heterocycles. The molecule has 7 heteroatoms. The first-order chi connectivity index (χ1) is 9.16. The van der Waals surface area contributed by atoms with Crippen molar-refractivity contribution in [1.29, 1.82) is 0 Å². The monoisotopic (exact) mass is 271 g/mol. The molecule has 0 unspecified atom stereocenters. The van der Waals surface area contributed by atoms with Gasteiger partial charge < -0.3 is 10.1 Å². The van der Waals surface area contributed by atoms with Gasteiger partial charge in [-0.1, -0.05) is 6.07 Å². The van der Waals surface area contributed by atoms with E-state index in [-0.39, 0.29) is 17.9 Å². The minimum atomic E-state index is -2.98. The Morgan fingerprint density at radius 2 is 2.11 bits per heavy atom. The molecule has 1 aromatic heterocycles. The predicted octanol–water partition coefficient (Wildman–Crippen LogP) is 2.44. The number of ether oxygens (including phenoxy) is 1. The van der Waals surface area contributed by atoms with Crippen molar-refractivity contribution in [3.8, 4) is 5.75 Å². The topological polar surface area (TPSA) is 49.9 Å². The van der Waals surface area contributed by atoms with Crippen LogP contribution in [-0.4, -0.2) is 16.8 Å². The van der Waals surface area contributed by atoms with Crippen molar-refractivity contribution >= 4 is 0 Å². The SMILES string of the molecule is Fc1cccc(OC(F)F)c1CNCc1ccn[nH]1. The first-order valence-corrected chi connectivity index (χ1v) is 5.58. The molecule has 0 fully saturated rings. The van der Waals surface area contributed by atoms with Crippen LogP contribution in [0.2, 0.25) is 0 Å². The van der Waals surface area contributed by atoms with Gasteiger partial charge in [-0.2, -0.15) is 13.9 Å². The van der Waals surface area contributed by atoms with E-state index in [2.05, 4.69) is 20.3 Å². The highest BCUT2D eigenvalue weighted by Crippen LogP contribution is 2.23. The van der Waals surface area contributed by atoms with E-state index in [1.165, 1.54) is 18.2 Å². The van der Waals surface area contributed by atoms with E-state index >= 15 is 0 Å². The lowest BCUT2D eigenvalue weighted by Crippen LogP contribution is -2.16. The molecule has 0 saturated heterocycles. The fraction of sp³-hybridized carbons (Fsp3) is 0.250. The van der Waals surface area contributed by atoms with Gasteiger partial charge in [0, 0.05) is 30.5 Å². The van der Waals surface area contributed by atoms with Crippen molar-refractivity contribution in [1.82, 2.24) is 15.5 Å². The second kappa shape index (κ2) is 6.24. The molecule has 2 rings (SSSR count). The van der Waals surface area contributed by atoms with Crippen LogP contribution in [0.3, 0.4) is 0 Å². The third-order valence-corrected chi connectivity index (χ3v) is 2.47. The minimum Gasteiger partial charge on any atom is -0.434 e. The third-order valence-electron chi connectivity index (χ3n) is 2.47. The average molecular weight is 271 g/mol. The molecule has 0 atom stereocenters. The number of H-pyrrole nitrogens is 1. The smallest absolute Gasteiger partial charge is 0.387 e. The highest BCUT2D eigenvalue weighted by molar-refractivity contribution is 5.34. The third kappa shape index (κ3) is 3.72. The van der Waals surface area contributed by atoms with Crippen LogP contribution in [0.1, 0.15) is 11.3 Å². The summed E-state index contributed by atoms with van der Waals surface area (Å²) in [4.78, 5) is 0. The predicted molar refractivity (Wildman–Crippen MR) is 62.2 cm³/mol. The van der Waals surface area contributed by atoms with Crippen LogP contribution < -0.4 is 10.1 Å². The van der Waals surface area contributed by atoms with Crippen molar-refractivity contribution in [2.24, 2.45) is 0 Å². The average Bonchev–Trinajstić information content (AvgIpc) is 2.85. The van der Waals surface area contributed by atoms with Crippen molar-refractivity contribution in [3.05, 3.63) is 47.5 Å². The number of hydrogen-bond donors (Lipinski definition) is 2. The Labute approximate surface area is 107 Å². The molecule has 0 spiro atoms. The van der Waals surface area contributed by atoms with Gasteiger partial charge in [-0.15, -0.1) is 0 Å². The van der Waals surface area contributed by atoms with Gasteiger partial charge >= 0.3 is 6.61 Å². The summed E-state index contributed by atoms with van der Waals surface area (Å²) in [5.74, 6) is -0.748. The first kappa shape index (κ1) is 13.4. The second-order valence-electron chi connectivity index (χ2n) is 3.78. The van der Waals surface area contributed by atoms with E-state index in [1.54, 1.807) is 12.3 Å². The zero-order chi connectivity index (χ0) is 13.7. The van der Waals surface area contributed by atoms with Gasteiger partial charge in [0.15, 0.2) is 0 Å². The molecule has 4 nitrogen and oxygen atoms in total. The summed E-state index contributed by atoms with van der Waals surface area (Å²) in [7, 11) is 0. The maximum Gasteiger partial charge on any atom is 0.387 e. The van der Waals surface area contributed by atoms with Crippen LogP contribution in [0.15, 0.2) is 30.5 Å². The van der Waals surface area contributed by atoms with Crippen LogP contribution in [0, 0.1) is 5.82 Å². The summed E-state index contributed by atoms with van der Waals surface area (Å²) in [5, 5.41) is 9.41. The molecule has 0 bridgehead atoms. The van der Waals surface area contributed by atoms with E-state index in [4.69, 9.17) is 0 Å². The van der Waals surface area contributed by atoms with Crippen LogP contribution in [0.5, 0.6) is 5.75 Å². The van der Waals surface area contributed by atoms with Gasteiger partial charge in [-0.05, 0) is 18.2 Å². The lowest BCUT2D eigenvalue weighted by atomic mass is 10.2. The normalized spacial score (nSPS) is 10.9. The van der Waals surface area contributed by atoms with Gasteiger partial charge in [0.05, 0.1) is 0 Å². The fourth-order valence-electron chi connectivity index (χ4n) is 1.62. The highest BCUT2D eigenvalue weighted by atomic mass is 19.3. The quantitative estimate of drug-likeness (QED) is 0.848. The fourth-order valence-corrected chi connectivity index (χ4v) is 1.62. The molecule has 0 aliphatic heterocycles. The first-order valence-electron chi connectivity index (χ1n) is 5.58. The lowest BCUT2D eigenvalue weighted by molar-refractivity contribution is -0.0506. The molecule has 0 amide bonds. The van der Waals surface area contributed by atoms with Crippen LogP contribution in [0.25, 0.3) is 0 Å². The van der Waals surface area contributed by atoms with Crippen molar-refractivity contribution in [2.45, 2.75) is 19.7 Å². The summed E-state index contributed by atoms with van der Waals surface area (Å²) in [6.07, 6.45) is 1.59. The molecule has 19 heavy (non-hydrogen) atoms. The lowest BCUT2D eigenvalue weighted by Gasteiger charge is -2.12. The van der Waals surface area contributed by atoms with Crippen LogP contribution in [-0.2, 0) is 13.1 Å². The molecule has 2 N–H and O–H groups in total. The van der Waals surface area contributed by atoms with E-state index in [9.17, 15) is 13.2 Å². The van der Waals surface area contributed by atoms with Gasteiger partial charge in [-0.25, -0.2) is 4.39 Å². The van der Waals surface area contributed by atoms with Gasteiger partial charge in [-0.3, -0.25) is 5.10 Å². The van der Waals surface area contributed by atoms with Crippen LogP contribution in [0.4, 0.5) is 13.2 Å². The molecule has 0 saturated carbocycles. The van der Waals surface area contributed by atoms with Crippen molar-refractivity contribution in [3.63, 3.8) is 0 Å². The number of aromatic amines is 1. The minimum absolute atomic E-state index is 0.0716. The Morgan fingerprint density at radius 3 is 2.79 bits per heavy atom. The molecule has 2 aromatic rings. The zero-order valence-electron chi connectivity index (χ0n) is 9.87. The maximum atomic E-state index is 13.6. The standard InChI is InChI=1S/C12H12F3N3O/c13-10-2-1-3-11(19-12(14)15)9(10)7-16-6-8-4-5-17-18-8/h1-5,12,16H,6-7H2,(H,17,18). The number of nitrogens with one attached hydrogen (secondary N) is 2. The summed E-state index contributed by atoms with van der Waals surface area (Å²) >= 11 is 0.